The van der Waals surface area contributed by atoms with Crippen LogP contribution in [0.4, 0.5) is 4.39 Å². The second kappa shape index (κ2) is 5.35. The van der Waals surface area contributed by atoms with Crippen molar-refractivity contribution in [3.63, 3.8) is 0 Å². The largest absolute Gasteiger partial charge is 0.290 e. The zero-order chi connectivity index (χ0) is 13.0. The molecule has 1 heterocycles. The Hall–Kier alpha value is -2.30. The Morgan fingerprint density at radius 1 is 1.44 bits per heavy atom. The molecule has 0 aliphatic rings. The van der Waals surface area contributed by atoms with Crippen LogP contribution in [0.25, 0.3) is 0 Å². The zero-order valence-electron chi connectivity index (χ0n) is 9.71. The van der Waals surface area contributed by atoms with Gasteiger partial charge in [-0.1, -0.05) is 24.3 Å². The van der Waals surface area contributed by atoms with Gasteiger partial charge in [-0.3, -0.25) is 4.79 Å². The van der Waals surface area contributed by atoms with E-state index in [4.69, 9.17) is 0 Å². The summed E-state index contributed by atoms with van der Waals surface area (Å²) < 4.78 is 14.9. The van der Waals surface area contributed by atoms with E-state index >= 15 is 0 Å². The molecule has 1 aromatic carbocycles. The fourth-order valence-corrected chi connectivity index (χ4v) is 1.52. The third-order valence-electron chi connectivity index (χ3n) is 2.41. The van der Waals surface area contributed by atoms with E-state index in [0.717, 1.165) is 0 Å². The lowest BCUT2D eigenvalue weighted by atomic mass is 10.2. The molecule has 1 aromatic heterocycles. The molecule has 0 N–H and O–H groups in total. The number of carbonyl (C=O) groups is 1. The number of aromatic nitrogens is 3. The van der Waals surface area contributed by atoms with Crippen LogP contribution in [0.5, 0.6) is 0 Å². The average molecular weight is 245 g/mol. The number of hydrogen-bond acceptors (Lipinski definition) is 3. The maximum Gasteiger partial charge on any atom is 0.217 e. The van der Waals surface area contributed by atoms with Crippen molar-refractivity contribution in [2.75, 3.05) is 0 Å². The molecule has 18 heavy (non-hydrogen) atoms. The Morgan fingerprint density at radius 3 is 2.94 bits per heavy atom. The summed E-state index contributed by atoms with van der Waals surface area (Å²) >= 11 is 0. The maximum absolute atomic E-state index is 13.4. The molecule has 2 rings (SSSR count). The monoisotopic (exact) mass is 245 g/mol. The standard InChI is InChI=1S/C13H12FN3O/c1-2-5-12(18)13-15-9-17(16-13)8-10-6-3-4-7-11(10)14/h2-4,6-7,9H,1,5,8H2. The number of hydrogen-bond donors (Lipinski definition) is 0. The first-order valence-corrected chi connectivity index (χ1v) is 5.47. The lowest BCUT2D eigenvalue weighted by molar-refractivity contribution is 0.0986. The van der Waals surface area contributed by atoms with Gasteiger partial charge in [-0.05, 0) is 6.07 Å². The average Bonchev–Trinajstić information content (AvgIpc) is 2.81. The van der Waals surface area contributed by atoms with Gasteiger partial charge in [-0.15, -0.1) is 11.7 Å². The molecular weight excluding hydrogens is 233 g/mol. The van der Waals surface area contributed by atoms with Gasteiger partial charge in [0.1, 0.15) is 12.1 Å². The molecule has 0 unspecified atom stereocenters. The highest BCUT2D eigenvalue weighted by molar-refractivity contribution is 5.93. The molecule has 0 fully saturated rings. The van der Waals surface area contributed by atoms with E-state index in [1.54, 1.807) is 18.2 Å². The van der Waals surface area contributed by atoms with Crippen molar-refractivity contribution in [2.45, 2.75) is 13.0 Å². The van der Waals surface area contributed by atoms with E-state index in [0.29, 0.717) is 5.56 Å². The molecule has 0 amide bonds. The van der Waals surface area contributed by atoms with Crippen LogP contribution in [0.1, 0.15) is 22.6 Å². The predicted molar refractivity (Wildman–Crippen MR) is 64.7 cm³/mol. The maximum atomic E-state index is 13.4. The molecule has 4 nitrogen and oxygen atoms in total. The van der Waals surface area contributed by atoms with Gasteiger partial charge in [0.25, 0.3) is 0 Å². The Balaban J connectivity index is 2.14. The Kier molecular flexibility index (Phi) is 3.62. The highest BCUT2D eigenvalue weighted by Crippen LogP contribution is 2.08. The number of rotatable bonds is 5. The van der Waals surface area contributed by atoms with Crippen molar-refractivity contribution in [3.05, 3.63) is 60.5 Å². The quantitative estimate of drug-likeness (QED) is 0.599. The predicted octanol–water partition coefficient (Wildman–Crippen LogP) is 2.22. The number of carbonyl (C=O) groups excluding carboxylic acids is 1. The first-order chi connectivity index (χ1) is 8.70. The molecule has 0 aliphatic carbocycles. The third kappa shape index (κ3) is 2.68. The molecule has 2 aromatic rings. The van der Waals surface area contributed by atoms with Gasteiger partial charge in [-0.2, -0.15) is 0 Å². The van der Waals surface area contributed by atoms with Crippen molar-refractivity contribution >= 4 is 5.78 Å². The summed E-state index contributed by atoms with van der Waals surface area (Å²) in [7, 11) is 0. The Morgan fingerprint density at radius 2 is 2.22 bits per heavy atom. The lowest BCUT2D eigenvalue weighted by Gasteiger charge is -2.01. The first kappa shape index (κ1) is 12.2. The summed E-state index contributed by atoms with van der Waals surface area (Å²) in [4.78, 5) is 15.4. The number of allylic oxidation sites excluding steroid dienone is 1. The fourth-order valence-electron chi connectivity index (χ4n) is 1.52. The van der Waals surface area contributed by atoms with Crippen molar-refractivity contribution in [3.8, 4) is 0 Å². The highest BCUT2D eigenvalue weighted by atomic mass is 19.1. The van der Waals surface area contributed by atoms with E-state index < -0.39 is 0 Å². The van der Waals surface area contributed by atoms with E-state index in [1.165, 1.54) is 23.2 Å². The Bertz CT molecular complexity index is 577. The molecule has 92 valence electrons. The molecule has 0 spiro atoms. The van der Waals surface area contributed by atoms with Crippen LogP contribution in [0, 0.1) is 5.82 Å². The summed E-state index contributed by atoms with van der Waals surface area (Å²) in [6.07, 6.45) is 3.12. The lowest BCUT2D eigenvalue weighted by Crippen LogP contribution is -2.05. The van der Waals surface area contributed by atoms with E-state index in [2.05, 4.69) is 16.7 Å². The second-order valence-corrected chi connectivity index (χ2v) is 3.77. The van der Waals surface area contributed by atoms with E-state index in [-0.39, 0.29) is 30.4 Å². The van der Waals surface area contributed by atoms with Gasteiger partial charge in [0, 0.05) is 12.0 Å². The summed E-state index contributed by atoms with van der Waals surface area (Å²) in [5.41, 5.74) is 0.505. The van der Waals surface area contributed by atoms with Crippen LogP contribution in [0.15, 0.2) is 43.2 Å². The smallest absolute Gasteiger partial charge is 0.217 e. The topological polar surface area (TPSA) is 47.8 Å². The number of Topliss-reactive ketones (excluding diaryl/α,β-unsaturated/α-hetero) is 1. The van der Waals surface area contributed by atoms with E-state index in [9.17, 15) is 9.18 Å². The fraction of sp³-hybridized carbons (Fsp3) is 0.154. The molecule has 5 heteroatoms. The van der Waals surface area contributed by atoms with Crippen molar-refractivity contribution in [1.29, 1.82) is 0 Å². The SMILES string of the molecule is C=CCC(=O)c1ncn(Cc2ccccc2F)n1. The normalized spacial score (nSPS) is 10.3. The molecular formula is C13H12FN3O. The van der Waals surface area contributed by atoms with Crippen molar-refractivity contribution in [1.82, 2.24) is 14.8 Å². The first-order valence-electron chi connectivity index (χ1n) is 5.47. The highest BCUT2D eigenvalue weighted by Gasteiger charge is 2.10. The summed E-state index contributed by atoms with van der Waals surface area (Å²) in [6, 6.07) is 6.43. The van der Waals surface area contributed by atoms with Gasteiger partial charge in [-0.25, -0.2) is 14.1 Å². The Labute approximate surface area is 104 Å². The molecule has 0 saturated heterocycles. The molecule has 0 bridgehead atoms. The summed E-state index contributed by atoms with van der Waals surface area (Å²) in [5.74, 6) is -0.365. The minimum absolute atomic E-state index is 0.131. The molecule has 0 aliphatic heterocycles. The minimum Gasteiger partial charge on any atom is -0.290 e. The van der Waals surface area contributed by atoms with Gasteiger partial charge in [0.15, 0.2) is 0 Å². The number of nitrogens with zero attached hydrogens (tertiary/aromatic N) is 3. The third-order valence-corrected chi connectivity index (χ3v) is 2.41. The summed E-state index contributed by atoms with van der Waals surface area (Å²) in [6.45, 7) is 3.73. The molecule has 0 atom stereocenters. The molecule has 0 saturated carbocycles. The number of benzene rings is 1. The zero-order valence-corrected chi connectivity index (χ0v) is 9.71. The second-order valence-electron chi connectivity index (χ2n) is 3.77. The molecule has 0 radical (unpaired) electrons. The van der Waals surface area contributed by atoms with Crippen LogP contribution in [0.3, 0.4) is 0 Å². The van der Waals surface area contributed by atoms with Gasteiger partial charge < -0.3 is 0 Å². The van der Waals surface area contributed by atoms with Crippen LogP contribution in [-0.2, 0) is 6.54 Å². The summed E-state index contributed by atoms with van der Waals surface area (Å²) in [5, 5.41) is 4.01. The van der Waals surface area contributed by atoms with Gasteiger partial charge >= 0.3 is 0 Å². The van der Waals surface area contributed by atoms with Crippen LogP contribution >= 0.6 is 0 Å². The van der Waals surface area contributed by atoms with E-state index in [1.807, 2.05) is 0 Å². The van der Waals surface area contributed by atoms with Crippen molar-refractivity contribution in [2.24, 2.45) is 0 Å². The van der Waals surface area contributed by atoms with Crippen LogP contribution in [-0.4, -0.2) is 20.5 Å². The minimum atomic E-state index is -0.299. The van der Waals surface area contributed by atoms with Crippen LogP contribution < -0.4 is 0 Å². The van der Waals surface area contributed by atoms with Crippen LogP contribution in [0.2, 0.25) is 0 Å². The number of ketones is 1. The van der Waals surface area contributed by atoms with Gasteiger partial charge in [0.05, 0.1) is 6.54 Å². The number of halogens is 1. The van der Waals surface area contributed by atoms with Gasteiger partial charge in [0.2, 0.25) is 11.6 Å². The van der Waals surface area contributed by atoms with Crippen molar-refractivity contribution < 1.29 is 9.18 Å².